The summed E-state index contributed by atoms with van der Waals surface area (Å²) in [6.07, 6.45) is 0. The summed E-state index contributed by atoms with van der Waals surface area (Å²) in [5, 5.41) is 11.4. The summed E-state index contributed by atoms with van der Waals surface area (Å²) in [5.41, 5.74) is 1.46. The number of ether oxygens (including phenoxy) is 1. The molecule has 0 radical (unpaired) electrons. The standard InChI is InChI=1S/C18H16ClN3O3S/c1-11(16(23)20-14-7-5-13(19)6-8-14)26-18-22-21-17(25-18)12-3-9-15(24-2)10-4-12/h3-11H,1-2H3,(H,20,23)/t11-/m1/s1. The lowest BCUT2D eigenvalue weighted by atomic mass is 10.2. The Morgan fingerprint density at radius 2 is 1.85 bits per heavy atom. The number of aromatic nitrogens is 2. The van der Waals surface area contributed by atoms with E-state index in [0.29, 0.717) is 21.8 Å². The van der Waals surface area contributed by atoms with Crippen LogP contribution in [0.25, 0.3) is 11.5 Å². The minimum Gasteiger partial charge on any atom is -0.497 e. The molecule has 134 valence electrons. The molecule has 6 nitrogen and oxygen atoms in total. The van der Waals surface area contributed by atoms with E-state index in [4.69, 9.17) is 20.8 Å². The number of carbonyl (C=O) groups excluding carboxylic acids is 1. The van der Waals surface area contributed by atoms with E-state index in [9.17, 15) is 4.79 Å². The highest BCUT2D eigenvalue weighted by Gasteiger charge is 2.19. The Hall–Kier alpha value is -2.51. The molecule has 26 heavy (non-hydrogen) atoms. The van der Waals surface area contributed by atoms with Crippen LogP contribution >= 0.6 is 23.4 Å². The average molecular weight is 390 g/mol. The highest BCUT2D eigenvalue weighted by Crippen LogP contribution is 2.27. The number of benzene rings is 2. The molecule has 0 spiro atoms. The predicted octanol–water partition coefficient (Wildman–Crippen LogP) is 4.52. The van der Waals surface area contributed by atoms with Gasteiger partial charge in [-0.15, -0.1) is 10.2 Å². The van der Waals surface area contributed by atoms with Gasteiger partial charge in [-0.2, -0.15) is 0 Å². The van der Waals surface area contributed by atoms with Crippen LogP contribution in [0.15, 0.2) is 58.2 Å². The number of halogens is 1. The van der Waals surface area contributed by atoms with Crippen LogP contribution in [0.2, 0.25) is 5.02 Å². The van der Waals surface area contributed by atoms with E-state index in [1.807, 2.05) is 24.3 Å². The molecule has 1 N–H and O–H groups in total. The summed E-state index contributed by atoms with van der Waals surface area (Å²) in [6.45, 7) is 1.77. The van der Waals surface area contributed by atoms with Crippen LogP contribution in [0, 0.1) is 0 Å². The van der Waals surface area contributed by atoms with Crippen molar-refractivity contribution >= 4 is 35.0 Å². The van der Waals surface area contributed by atoms with Crippen LogP contribution in [0.5, 0.6) is 5.75 Å². The summed E-state index contributed by atoms with van der Waals surface area (Å²) in [7, 11) is 1.60. The first-order valence-electron chi connectivity index (χ1n) is 7.76. The first kappa shape index (κ1) is 18.3. The molecule has 1 amide bonds. The lowest BCUT2D eigenvalue weighted by molar-refractivity contribution is -0.115. The van der Waals surface area contributed by atoms with Crippen LogP contribution in [0.1, 0.15) is 6.92 Å². The minimum absolute atomic E-state index is 0.165. The Morgan fingerprint density at radius 1 is 1.15 bits per heavy atom. The van der Waals surface area contributed by atoms with E-state index in [2.05, 4.69) is 15.5 Å². The first-order valence-corrected chi connectivity index (χ1v) is 9.02. The fourth-order valence-electron chi connectivity index (χ4n) is 2.09. The van der Waals surface area contributed by atoms with Crippen molar-refractivity contribution in [2.45, 2.75) is 17.4 Å². The second-order valence-corrected chi connectivity index (χ2v) is 7.09. The number of anilines is 1. The molecule has 0 saturated heterocycles. The first-order chi connectivity index (χ1) is 12.5. The number of amides is 1. The van der Waals surface area contributed by atoms with Crippen LogP contribution in [-0.2, 0) is 4.79 Å². The molecule has 0 unspecified atom stereocenters. The van der Waals surface area contributed by atoms with Gasteiger partial charge in [-0.1, -0.05) is 23.4 Å². The zero-order valence-corrected chi connectivity index (χ0v) is 15.7. The number of methoxy groups -OCH3 is 1. The molecular weight excluding hydrogens is 374 g/mol. The highest BCUT2D eigenvalue weighted by molar-refractivity contribution is 8.00. The fraction of sp³-hybridized carbons (Fsp3) is 0.167. The van der Waals surface area contributed by atoms with Gasteiger partial charge in [0, 0.05) is 16.3 Å². The number of nitrogens with zero attached hydrogens (tertiary/aromatic N) is 2. The zero-order chi connectivity index (χ0) is 18.5. The molecule has 0 saturated carbocycles. The predicted molar refractivity (Wildman–Crippen MR) is 102 cm³/mol. The van der Waals surface area contributed by atoms with Gasteiger partial charge < -0.3 is 14.5 Å². The molecule has 1 aromatic heterocycles. The van der Waals surface area contributed by atoms with Crippen molar-refractivity contribution in [2.24, 2.45) is 0 Å². The highest BCUT2D eigenvalue weighted by atomic mass is 35.5. The Kier molecular flexibility index (Phi) is 5.80. The number of carbonyl (C=O) groups is 1. The normalized spacial score (nSPS) is 11.8. The van der Waals surface area contributed by atoms with Crippen LogP contribution in [0.3, 0.4) is 0 Å². The third-order valence-electron chi connectivity index (χ3n) is 3.50. The van der Waals surface area contributed by atoms with Crippen LogP contribution in [0.4, 0.5) is 5.69 Å². The van der Waals surface area contributed by atoms with Crippen molar-refractivity contribution in [1.29, 1.82) is 0 Å². The Balaban J connectivity index is 1.62. The quantitative estimate of drug-likeness (QED) is 0.624. The lowest BCUT2D eigenvalue weighted by Gasteiger charge is -2.09. The summed E-state index contributed by atoms with van der Waals surface area (Å²) >= 11 is 7.03. The van der Waals surface area contributed by atoms with Crippen molar-refractivity contribution in [3.8, 4) is 17.2 Å². The van der Waals surface area contributed by atoms with E-state index in [1.165, 1.54) is 11.8 Å². The van der Waals surface area contributed by atoms with Gasteiger partial charge >= 0.3 is 0 Å². The molecule has 1 heterocycles. The van der Waals surface area contributed by atoms with Gasteiger partial charge in [0.05, 0.1) is 12.4 Å². The second kappa shape index (κ2) is 8.25. The molecule has 0 fully saturated rings. The van der Waals surface area contributed by atoms with E-state index in [1.54, 1.807) is 38.3 Å². The topological polar surface area (TPSA) is 77.2 Å². The maximum Gasteiger partial charge on any atom is 0.277 e. The Morgan fingerprint density at radius 3 is 2.50 bits per heavy atom. The lowest BCUT2D eigenvalue weighted by Crippen LogP contribution is -2.22. The largest absolute Gasteiger partial charge is 0.497 e. The Labute approximate surface area is 159 Å². The van der Waals surface area contributed by atoms with Crippen molar-refractivity contribution in [3.63, 3.8) is 0 Å². The van der Waals surface area contributed by atoms with Crippen LogP contribution < -0.4 is 10.1 Å². The maximum atomic E-state index is 12.3. The molecule has 2 aromatic carbocycles. The monoisotopic (exact) mass is 389 g/mol. The fourth-order valence-corrected chi connectivity index (χ4v) is 2.90. The summed E-state index contributed by atoms with van der Waals surface area (Å²) < 4.78 is 10.8. The summed E-state index contributed by atoms with van der Waals surface area (Å²) in [4.78, 5) is 12.3. The zero-order valence-electron chi connectivity index (χ0n) is 14.1. The second-order valence-electron chi connectivity index (χ2n) is 5.36. The van der Waals surface area contributed by atoms with Crippen molar-refractivity contribution in [3.05, 3.63) is 53.6 Å². The van der Waals surface area contributed by atoms with Gasteiger partial charge in [0.2, 0.25) is 11.8 Å². The number of thioether (sulfide) groups is 1. The molecule has 8 heteroatoms. The maximum absolute atomic E-state index is 12.3. The van der Waals surface area contributed by atoms with E-state index in [0.717, 1.165) is 11.3 Å². The smallest absolute Gasteiger partial charge is 0.277 e. The summed E-state index contributed by atoms with van der Waals surface area (Å²) in [5.74, 6) is 0.970. The third-order valence-corrected chi connectivity index (χ3v) is 4.69. The van der Waals surface area contributed by atoms with Gasteiger partial charge in [0.25, 0.3) is 5.22 Å². The molecule has 0 aliphatic rings. The molecule has 0 bridgehead atoms. The van der Waals surface area contributed by atoms with Gasteiger partial charge in [-0.05, 0) is 55.5 Å². The summed E-state index contributed by atoms with van der Waals surface area (Å²) in [6, 6.07) is 14.2. The van der Waals surface area contributed by atoms with Gasteiger partial charge in [0.1, 0.15) is 5.75 Å². The molecular formula is C18H16ClN3O3S. The number of hydrogen-bond acceptors (Lipinski definition) is 6. The number of rotatable bonds is 6. The van der Waals surface area contributed by atoms with Crippen molar-refractivity contribution in [1.82, 2.24) is 10.2 Å². The molecule has 1 atom stereocenters. The number of hydrogen-bond donors (Lipinski definition) is 1. The molecule has 3 aromatic rings. The van der Waals surface area contributed by atoms with Gasteiger partial charge in [-0.25, -0.2) is 0 Å². The molecule has 0 aliphatic heterocycles. The van der Waals surface area contributed by atoms with Crippen molar-refractivity contribution in [2.75, 3.05) is 12.4 Å². The van der Waals surface area contributed by atoms with E-state index >= 15 is 0 Å². The van der Waals surface area contributed by atoms with Crippen molar-refractivity contribution < 1.29 is 13.9 Å². The average Bonchev–Trinajstić information content (AvgIpc) is 3.12. The van der Waals surface area contributed by atoms with Crippen LogP contribution in [-0.4, -0.2) is 28.5 Å². The third kappa shape index (κ3) is 4.56. The van der Waals surface area contributed by atoms with Gasteiger partial charge in [-0.3, -0.25) is 4.79 Å². The van der Waals surface area contributed by atoms with E-state index in [-0.39, 0.29) is 5.91 Å². The Bertz CT molecular complexity index is 881. The minimum atomic E-state index is -0.408. The molecule has 0 aliphatic carbocycles. The van der Waals surface area contributed by atoms with E-state index < -0.39 is 5.25 Å². The van der Waals surface area contributed by atoms with Gasteiger partial charge in [0.15, 0.2) is 0 Å². The number of nitrogens with one attached hydrogen (secondary N) is 1. The molecule has 3 rings (SSSR count). The SMILES string of the molecule is COc1ccc(-c2nnc(S[C@H](C)C(=O)Nc3ccc(Cl)cc3)o2)cc1.